The zero-order valence-electron chi connectivity index (χ0n) is 8.04. The Morgan fingerprint density at radius 1 is 1.44 bits per heavy atom. The monoisotopic (exact) mass is 252 g/mol. The van der Waals surface area contributed by atoms with E-state index in [0.717, 1.165) is 0 Å². The van der Waals surface area contributed by atoms with Crippen molar-refractivity contribution in [3.8, 4) is 5.75 Å². The number of halogens is 3. The van der Waals surface area contributed by atoms with Crippen molar-refractivity contribution in [1.29, 1.82) is 0 Å². The third-order valence-electron chi connectivity index (χ3n) is 1.66. The number of aryl methyl sites for hydroxylation is 1. The van der Waals surface area contributed by atoms with Crippen LogP contribution in [0.3, 0.4) is 0 Å². The van der Waals surface area contributed by atoms with Crippen LogP contribution >= 0.6 is 12.0 Å². The van der Waals surface area contributed by atoms with Crippen LogP contribution in [0.2, 0.25) is 0 Å². The number of carboxylic acid groups (broad SMARTS) is 1. The summed E-state index contributed by atoms with van der Waals surface area (Å²) in [5.74, 6) is -1.61. The van der Waals surface area contributed by atoms with Gasteiger partial charge >= 0.3 is 11.5 Å². The van der Waals surface area contributed by atoms with E-state index in [9.17, 15) is 18.0 Å². The number of hydrogen-bond acceptors (Lipinski definition) is 3. The molecule has 0 aliphatic carbocycles. The molecule has 3 nitrogen and oxygen atoms in total. The number of aromatic carboxylic acids is 1. The number of rotatable bonds is 3. The van der Waals surface area contributed by atoms with Crippen LogP contribution in [0.5, 0.6) is 5.75 Å². The second-order valence-electron chi connectivity index (χ2n) is 2.87. The Balaban J connectivity index is 2.98. The lowest BCUT2D eigenvalue weighted by Gasteiger charge is -2.11. The van der Waals surface area contributed by atoms with Gasteiger partial charge < -0.3 is 9.29 Å². The molecule has 0 atom stereocenters. The highest BCUT2D eigenvalue weighted by atomic mass is 32.2. The molecule has 0 heterocycles. The van der Waals surface area contributed by atoms with Crippen LogP contribution in [0, 0.1) is 6.92 Å². The fourth-order valence-electron chi connectivity index (χ4n) is 1.02. The highest BCUT2D eigenvalue weighted by molar-refractivity contribution is 7.95. The van der Waals surface area contributed by atoms with E-state index in [4.69, 9.17) is 5.11 Å². The molecule has 0 aliphatic heterocycles. The predicted molar refractivity (Wildman–Crippen MR) is 52.4 cm³/mol. The fraction of sp³-hybridized carbons (Fsp3) is 0.222. The van der Waals surface area contributed by atoms with Gasteiger partial charge in [-0.25, -0.2) is 4.79 Å². The van der Waals surface area contributed by atoms with Crippen molar-refractivity contribution in [3.05, 3.63) is 29.3 Å². The average molecular weight is 252 g/mol. The van der Waals surface area contributed by atoms with Crippen molar-refractivity contribution in [1.82, 2.24) is 0 Å². The lowest BCUT2D eigenvalue weighted by atomic mass is 10.1. The first kappa shape index (κ1) is 12.7. The van der Waals surface area contributed by atoms with E-state index in [-0.39, 0.29) is 11.3 Å². The van der Waals surface area contributed by atoms with Crippen LogP contribution in [0.1, 0.15) is 15.9 Å². The largest absolute Gasteiger partial charge is 0.479 e. The van der Waals surface area contributed by atoms with E-state index < -0.39 is 23.5 Å². The molecule has 0 unspecified atom stereocenters. The molecular formula is C9H7F3O3S. The lowest BCUT2D eigenvalue weighted by Crippen LogP contribution is -2.06. The van der Waals surface area contributed by atoms with Crippen LogP contribution < -0.4 is 4.18 Å². The first-order valence-corrected chi connectivity index (χ1v) is 4.81. The van der Waals surface area contributed by atoms with E-state index in [1.165, 1.54) is 25.1 Å². The molecule has 88 valence electrons. The van der Waals surface area contributed by atoms with Crippen molar-refractivity contribution in [3.63, 3.8) is 0 Å². The number of carbonyl (C=O) groups is 1. The van der Waals surface area contributed by atoms with Gasteiger partial charge in [0.2, 0.25) is 0 Å². The van der Waals surface area contributed by atoms with Gasteiger partial charge in [0.05, 0.1) is 0 Å². The maximum absolute atomic E-state index is 11.9. The normalized spacial score (nSPS) is 11.2. The van der Waals surface area contributed by atoms with E-state index in [0.29, 0.717) is 5.56 Å². The molecule has 1 N–H and O–H groups in total. The second-order valence-corrected chi connectivity index (χ2v) is 3.67. The number of carboxylic acids is 1. The maximum Gasteiger partial charge on any atom is 0.479 e. The predicted octanol–water partition coefficient (Wildman–Crippen LogP) is 3.24. The first-order valence-electron chi connectivity index (χ1n) is 4.06. The minimum Gasteiger partial charge on any atom is -0.478 e. The van der Waals surface area contributed by atoms with Crippen LogP contribution in [0.15, 0.2) is 18.2 Å². The van der Waals surface area contributed by atoms with Gasteiger partial charge in [0.25, 0.3) is 0 Å². The fourth-order valence-corrected chi connectivity index (χ4v) is 1.42. The molecule has 0 aromatic heterocycles. The Labute approximate surface area is 93.4 Å². The molecule has 16 heavy (non-hydrogen) atoms. The molecule has 0 saturated carbocycles. The first-order chi connectivity index (χ1) is 7.31. The summed E-state index contributed by atoms with van der Waals surface area (Å²) < 4.78 is 40.1. The van der Waals surface area contributed by atoms with Gasteiger partial charge in [0.15, 0.2) is 17.8 Å². The Morgan fingerprint density at radius 3 is 2.56 bits per heavy atom. The Bertz CT molecular complexity index is 403. The van der Waals surface area contributed by atoms with Gasteiger partial charge in [-0.05, 0) is 18.6 Å². The number of hydrogen-bond donors (Lipinski definition) is 1. The molecule has 0 amide bonds. The summed E-state index contributed by atoms with van der Waals surface area (Å²) >= 11 is -0.731. The highest BCUT2D eigenvalue weighted by Gasteiger charge is 2.32. The summed E-state index contributed by atoms with van der Waals surface area (Å²) in [6, 6.07) is 4.09. The topological polar surface area (TPSA) is 46.5 Å². The highest BCUT2D eigenvalue weighted by Crippen LogP contribution is 2.35. The Hall–Kier alpha value is -1.37. The third-order valence-corrected chi connectivity index (χ3v) is 2.10. The molecule has 7 heteroatoms. The average Bonchev–Trinajstić information content (AvgIpc) is 2.13. The molecule has 1 aromatic carbocycles. The Morgan fingerprint density at radius 2 is 2.06 bits per heavy atom. The SMILES string of the molecule is Cc1cccc(C(=O)O)c1OSC(F)(F)F. The standard InChI is InChI=1S/C9H7F3O3S/c1-5-3-2-4-6(8(13)14)7(5)15-16-9(10,11)12/h2-4H,1H3,(H,13,14). The molecular weight excluding hydrogens is 245 g/mol. The summed E-state index contributed by atoms with van der Waals surface area (Å²) in [5.41, 5.74) is -4.54. The smallest absolute Gasteiger partial charge is 0.478 e. The summed E-state index contributed by atoms with van der Waals surface area (Å²) in [4.78, 5) is 10.7. The van der Waals surface area contributed by atoms with E-state index in [2.05, 4.69) is 4.18 Å². The van der Waals surface area contributed by atoms with Crippen LogP contribution in [-0.2, 0) is 0 Å². The maximum atomic E-state index is 11.9. The minimum absolute atomic E-state index is 0.280. The summed E-state index contributed by atoms with van der Waals surface area (Å²) in [5, 5.41) is 8.75. The quantitative estimate of drug-likeness (QED) is 0.839. The third kappa shape index (κ3) is 3.34. The molecule has 0 saturated heterocycles. The molecule has 0 bridgehead atoms. The van der Waals surface area contributed by atoms with Crippen molar-refractivity contribution in [2.75, 3.05) is 0 Å². The summed E-state index contributed by atoms with van der Waals surface area (Å²) in [6.45, 7) is 1.47. The van der Waals surface area contributed by atoms with Gasteiger partial charge in [-0.15, -0.1) is 0 Å². The molecule has 0 fully saturated rings. The summed E-state index contributed by atoms with van der Waals surface area (Å²) in [7, 11) is 0. The molecule has 0 aliphatic rings. The molecule has 0 spiro atoms. The van der Waals surface area contributed by atoms with E-state index in [1.807, 2.05) is 0 Å². The zero-order valence-corrected chi connectivity index (χ0v) is 8.85. The number of benzene rings is 1. The van der Waals surface area contributed by atoms with Crippen molar-refractivity contribution < 1.29 is 27.3 Å². The van der Waals surface area contributed by atoms with E-state index >= 15 is 0 Å². The van der Waals surface area contributed by atoms with Crippen molar-refractivity contribution in [2.24, 2.45) is 0 Å². The van der Waals surface area contributed by atoms with Crippen molar-refractivity contribution >= 4 is 18.0 Å². The molecule has 0 radical (unpaired) electrons. The van der Waals surface area contributed by atoms with Crippen LogP contribution in [0.25, 0.3) is 0 Å². The lowest BCUT2D eigenvalue weighted by molar-refractivity contribution is -0.0370. The van der Waals surface area contributed by atoms with Gasteiger partial charge in [-0.1, -0.05) is 12.1 Å². The number of para-hydroxylation sites is 1. The van der Waals surface area contributed by atoms with Gasteiger partial charge in [0, 0.05) is 0 Å². The Kier molecular flexibility index (Phi) is 3.69. The van der Waals surface area contributed by atoms with Crippen LogP contribution in [-0.4, -0.2) is 16.6 Å². The minimum atomic E-state index is -4.57. The summed E-state index contributed by atoms with van der Waals surface area (Å²) in [6.07, 6.45) is 0. The molecule has 1 rings (SSSR count). The molecule has 1 aromatic rings. The number of alkyl halides is 3. The van der Waals surface area contributed by atoms with Gasteiger partial charge in [0.1, 0.15) is 5.56 Å². The van der Waals surface area contributed by atoms with Crippen LogP contribution in [0.4, 0.5) is 13.2 Å². The van der Waals surface area contributed by atoms with E-state index in [1.54, 1.807) is 0 Å². The van der Waals surface area contributed by atoms with Crippen molar-refractivity contribution in [2.45, 2.75) is 12.4 Å². The van der Waals surface area contributed by atoms with Gasteiger partial charge in [-0.2, -0.15) is 13.2 Å². The zero-order chi connectivity index (χ0) is 12.3. The second kappa shape index (κ2) is 4.65. The van der Waals surface area contributed by atoms with Gasteiger partial charge in [-0.3, -0.25) is 0 Å².